The first-order valence-corrected chi connectivity index (χ1v) is 6.22. The van der Waals surface area contributed by atoms with Gasteiger partial charge in [-0.15, -0.1) is 0 Å². The molecule has 0 saturated carbocycles. The van der Waals surface area contributed by atoms with E-state index in [1.165, 1.54) is 0 Å². The molecule has 3 atom stereocenters. The van der Waals surface area contributed by atoms with Crippen molar-refractivity contribution >= 4 is 11.9 Å². The van der Waals surface area contributed by atoms with Crippen molar-refractivity contribution in [2.45, 2.75) is 26.7 Å². The van der Waals surface area contributed by atoms with E-state index in [2.05, 4.69) is 0 Å². The molecule has 0 aliphatic carbocycles. The second-order valence-corrected chi connectivity index (χ2v) is 4.89. The highest BCUT2D eigenvalue weighted by atomic mass is 16.4. The summed E-state index contributed by atoms with van der Waals surface area (Å²) in [6, 6.07) is 0. The Balaban J connectivity index is 2.63. The van der Waals surface area contributed by atoms with Crippen molar-refractivity contribution in [2.75, 3.05) is 19.6 Å². The fourth-order valence-corrected chi connectivity index (χ4v) is 2.42. The number of nitrogens with zero attached hydrogens (tertiary/aromatic N) is 1. The van der Waals surface area contributed by atoms with Gasteiger partial charge >= 0.3 is 5.97 Å². The highest BCUT2D eigenvalue weighted by molar-refractivity contribution is 5.81. The molecule has 98 valence electrons. The number of likely N-dealkylation sites (tertiary alicyclic amines) is 1. The van der Waals surface area contributed by atoms with E-state index in [-0.39, 0.29) is 17.7 Å². The number of nitrogens with two attached hydrogens (primary N) is 1. The lowest BCUT2D eigenvalue weighted by Crippen LogP contribution is -2.38. The molecule has 3 N–H and O–H groups in total. The van der Waals surface area contributed by atoms with Crippen LogP contribution in [0.2, 0.25) is 0 Å². The van der Waals surface area contributed by atoms with Gasteiger partial charge in [-0.05, 0) is 12.3 Å². The van der Waals surface area contributed by atoms with Gasteiger partial charge in [0.05, 0.1) is 11.8 Å². The maximum atomic E-state index is 12.1. The van der Waals surface area contributed by atoms with Gasteiger partial charge < -0.3 is 15.7 Å². The van der Waals surface area contributed by atoms with Gasteiger partial charge in [-0.2, -0.15) is 0 Å². The standard InChI is InChI=1S/C12H22N2O3/c1-3-4-9(5-13)11(15)14-6-8(2)10(7-14)12(16)17/h8-10H,3-7,13H2,1-2H3,(H,16,17)/t8-,9?,10-/m1/s1. The first kappa shape index (κ1) is 14.0. The SMILES string of the molecule is CCCC(CN)C(=O)N1C[C@@H](C)[C@H](C(=O)O)C1. The third-order valence-corrected chi connectivity index (χ3v) is 3.51. The molecule has 0 aromatic heterocycles. The van der Waals surface area contributed by atoms with Gasteiger partial charge in [0.25, 0.3) is 0 Å². The number of amides is 1. The summed E-state index contributed by atoms with van der Waals surface area (Å²) in [6.45, 7) is 5.10. The summed E-state index contributed by atoms with van der Waals surface area (Å²) in [5.74, 6) is -1.35. The van der Waals surface area contributed by atoms with Gasteiger partial charge in [-0.1, -0.05) is 20.3 Å². The molecule has 17 heavy (non-hydrogen) atoms. The second-order valence-electron chi connectivity index (χ2n) is 4.89. The van der Waals surface area contributed by atoms with E-state index in [0.29, 0.717) is 19.6 Å². The van der Waals surface area contributed by atoms with Crippen molar-refractivity contribution in [1.29, 1.82) is 0 Å². The van der Waals surface area contributed by atoms with Crippen LogP contribution < -0.4 is 5.73 Å². The molecular weight excluding hydrogens is 220 g/mol. The lowest BCUT2D eigenvalue weighted by molar-refractivity contribution is -0.142. The zero-order chi connectivity index (χ0) is 13.0. The van der Waals surface area contributed by atoms with Gasteiger partial charge in [0.2, 0.25) is 5.91 Å². The Labute approximate surface area is 102 Å². The molecule has 1 unspecified atom stereocenters. The Bertz CT molecular complexity index is 293. The third kappa shape index (κ3) is 3.19. The highest BCUT2D eigenvalue weighted by Gasteiger charge is 2.38. The van der Waals surface area contributed by atoms with E-state index >= 15 is 0 Å². The van der Waals surface area contributed by atoms with Crippen molar-refractivity contribution in [3.8, 4) is 0 Å². The minimum absolute atomic E-state index is 0.0185. The quantitative estimate of drug-likeness (QED) is 0.737. The molecule has 1 aliphatic rings. The van der Waals surface area contributed by atoms with Gasteiger partial charge in [0.15, 0.2) is 0 Å². The monoisotopic (exact) mass is 242 g/mol. The number of hydrogen-bond acceptors (Lipinski definition) is 3. The van der Waals surface area contributed by atoms with Crippen molar-refractivity contribution < 1.29 is 14.7 Å². The average molecular weight is 242 g/mol. The first-order chi connectivity index (χ1) is 8.01. The predicted molar refractivity (Wildman–Crippen MR) is 64.3 cm³/mol. The maximum absolute atomic E-state index is 12.1. The Morgan fingerprint density at radius 1 is 1.47 bits per heavy atom. The lowest BCUT2D eigenvalue weighted by Gasteiger charge is -2.22. The molecule has 5 heteroatoms. The molecule has 0 aromatic carbocycles. The number of carboxylic acids is 1. The molecule has 1 aliphatic heterocycles. The van der Waals surface area contributed by atoms with Crippen LogP contribution in [-0.4, -0.2) is 41.5 Å². The Kier molecular flexibility index (Phi) is 4.93. The van der Waals surface area contributed by atoms with E-state index in [1.807, 2.05) is 13.8 Å². The molecule has 1 amide bonds. The summed E-state index contributed by atoms with van der Waals surface area (Å²) >= 11 is 0. The van der Waals surface area contributed by atoms with Crippen molar-refractivity contribution in [3.63, 3.8) is 0 Å². The van der Waals surface area contributed by atoms with Crippen LogP contribution in [0.1, 0.15) is 26.7 Å². The van der Waals surface area contributed by atoms with E-state index in [0.717, 1.165) is 12.8 Å². The molecule has 0 aromatic rings. The van der Waals surface area contributed by atoms with Crippen molar-refractivity contribution in [2.24, 2.45) is 23.5 Å². The predicted octanol–water partition coefficient (Wildman–Crippen LogP) is 0.541. The van der Waals surface area contributed by atoms with E-state index in [9.17, 15) is 9.59 Å². The van der Waals surface area contributed by atoms with Crippen LogP contribution in [0.15, 0.2) is 0 Å². The third-order valence-electron chi connectivity index (χ3n) is 3.51. The lowest BCUT2D eigenvalue weighted by atomic mass is 9.99. The van der Waals surface area contributed by atoms with Crippen LogP contribution in [0.25, 0.3) is 0 Å². The minimum atomic E-state index is -0.812. The normalized spacial score (nSPS) is 25.9. The van der Waals surface area contributed by atoms with Crippen LogP contribution in [0.5, 0.6) is 0 Å². The molecule has 1 heterocycles. The smallest absolute Gasteiger partial charge is 0.308 e. The highest BCUT2D eigenvalue weighted by Crippen LogP contribution is 2.25. The largest absolute Gasteiger partial charge is 0.481 e. The van der Waals surface area contributed by atoms with E-state index in [4.69, 9.17) is 10.8 Å². The zero-order valence-corrected chi connectivity index (χ0v) is 10.6. The number of carboxylic acid groups (broad SMARTS) is 1. The number of carbonyl (C=O) groups excluding carboxylic acids is 1. The van der Waals surface area contributed by atoms with Gasteiger partial charge in [-0.25, -0.2) is 0 Å². The molecule has 0 bridgehead atoms. The fraction of sp³-hybridized carbons (Fsp3) is 0.833. The number of rotatable bonds is 5. The van der Waals surface area contributed by atoms with E-state index < -0.39 is 11.9 Å². The van der Waals surface area contributed by atoms with Gasteiger partial charge in [0.1, 0.15) is 0 Å². The molecule has 0 spiro atoms. The van der Waals surface area contributed by atoms with Crippen molar-refractivity contribution in [3.05, 3.63) is 0 Å². The number of carbonyl (C=O) groups is 2. The zero-order valence-electron chi connectivity index (χ0n) is 10.6. The van der Waals surface area contributed by atoms with Crippen LogP contribution >= 0.6 is 0 Å². The topological polar surface area (TPSA) is 83.6 Å². The Hall–Kier alpha value is -1.10. The van der Waals surface area contributed by atoms with E-state index in [1.54, 1.807) is 4.90 Å². The average Bonchev–Trinajstić information content (AvgIpc) is 2.67. The molecule has 1 rings (SSSR count). The molecule has 0 radical (unpaired) electrons. The summed E-state index contributed by atoms with van der Waals surface area (Å²) < 4.78 is 0. The fourth-order valence-electron chi connectivity index (χ4n) is 2.42. The summed E-state index contributed by atoms with van der Waals surface area (Å²) in [7, 11) is 0. The Morgan fingerprint density at radius 3 is 2.53 bits per heavy atom. The first-order valence-electron chi connectivity index (χ1n) is 6.22. The maximum Gasteiger partial charge on any atom is 0.308 e. The van der Waals surface area contributed by atoms with Crippen LogP contribution in [0, 0.1) is 17.8 Å². The summed E-state index contributed by atoms with van der Waals surface area (Å²) in [5, 5.41) is 9.02. The van der Waals surface area contributed by atoms with Crippen LogP contribution in [-0.2, 0) is 9.59 Å². The molecule has 1 fully saturated rings. The summed E-state index contributed by atoms with van der Waals surface area (Å²) in [6.07, 6.45) is 1.69. The van der Waals surface area contributed by atoms with Gasteiger partial charge in [0, 0.05) is 19.6 Å². The van der Waals surface area contributed by atoms with Crippen LogP contribution in [0.4, 0.5) is 0 Å². The minimum Gasteiger partial charge on any atom is -0.481 e. The van der Waals surface area contributed by atoms with Crippen LogP contribution in [0.3, 0.4) is 0 Å². The van der Waals surface area contributed by atoms with Crippen molar-refractivity contribution in [1.82, 2.24) is 4.90 Å². The second kappa shape index (κ2) is 6.00. The number of aliphatic carboxylic acids is 1. The molecule has 1 saturated heterocycles. The summed E-state index contributed by atoms with van der Waals surface area (Å²) in [4.78, 5) is 24.8. The molecular formula is C12H22N2O3. The number of hydrogen-bond donors (Lipinski definition) is 2. The summed E-state index contributed by atoms with van der Waals surface area (Å²) in [5.41, 5.74) is 5.59. The molecule has 5 nitrogen and oxygen atoms in total. The Morgan fingerprint density at radius 2 is 2.12 bits per heavy atom. The van der Waals surface area contributed by atoms with Gasteiger partial charge in [-0.3, -0.25) is 9.59 Å².